The Labute approximate surface area is 141 Å². The van der Waals surface area contributed by atoms with Gasteiger partial charge in [0, 0.05) is 9.86 Å². The summed E-state index contributed by atoms with van der Waals surface area (Å²) in [6, 6.07) is 11.8. The van der Waals surface area contributed by atoms with Crippen LogP contribution < -0.4 is 10.6 Å². The molecule has 116 valence electrons. The first kappa shape index (κ1) is 14.3. The highest BCUT2D eigenvalue weighted by atomic mass is 79.9. The van der Waals surface area contributed by atoms with Crippen molar-refractivity contribution in [2.75, 3.05) is 5.32 Å². The van der Waals surface area contributed by atoms with Gasteiger partial charge in [-0.05, 0) is 48.2 Å². The molecule has 0 aliphatic heterocycles. The van der Waals surface area contributed by atoms with Crippen LogP contribution in [0.3, 0.4) is 0 Å². The molecule has 0 radical (unpaired) electrons. The summed E-state index contributed by atoms with van der Waals surface area (Å²) in [5, 5.41) is 13.8. The van der Waals surface area contributed by atoms with E-state index in [2.05, 4.69) is 48.9 Å². The van der Waals surface area contributed by atoms with Crippen LogP contribution in [0, 0.1) is 0 Å². The van der Waals surface area contributed by atoms with Crippen LogP contribution in [0.25, 0.3) is 10.9 Å². The van der Waals surface area contributed by atoms with Crippen molar-refractivity contribution in [3.8, 4) is 0 Å². The smallest absolute Gasteiger partial charge is 0.319 e. The summed E-state index contributed by atoms with van der Waals surface area (Å²) in [7, 11) is 0. The molecule has 3 aromatic rings. The van der Waals surface area contributed by atoms with Crippen LogP contribution in [0.15, 0.2) is 47.1 Å². The fourth-order valence-electron chi connectivity index (χ4n) is 3.13. The zero-order chi connectivity index (χ0) is 15.8. The second kappa shape index (κ2) is 5.70. The molecular formula is C17H15BrN4O. The molecule has 1 aromatic heterocycles. The highest BCUT2D eigenvalue weighted by Gasteiger charge is 2.24. The minimum Gasteiger partial charge on any atom is -0.331 e. The third kappa shape index (κ3) is 2.70. The van der Waals surface area contributed by atoms with Crippen LogP contribution in [-0.4, -0.2) is 16.2 Å². The number of H-pyrrole nitrogens is 1. The van der Waals surface area contributed by atoms with E-state index in [1.807, 2.05) is 24.3 Å². The number of fused-ring (bicyclic) bond motifs is 2. The molecule has 0 saturated heterocycles. The van der Waals surface area contributed by atoms with Gasteiger partial charge in [0.2, 0.25) is 0 Å². The van der Waals surface area contributed by atoms with Gasteiger partial charge in [-0.2, -0.15) is 5.10 Å². The SMILES string of the molecule is O=C(Nc1cccc2[nH]ncc12)NC1CCc2cc(Br)ccc21. The van der Waals surface area contributed by atoms with Crippen molar-refractivity contribution in [3.05, 3.63) is 58.2 Å². The summed E-state index contributed by atoms with van der Waals surface area (Å²) < 4.78 is 1.08. The average molecular weight is 371 g/mol. The Balaban J connectivity index is 1.50. The number of carbonyl (C=O) groups is 1. The number of amides is 2. The molecular weight excluding hydrogens is 356 g/mol. The standard InChI is InChI=1S/C17H15BrN4O/c18-11-5-6-12-10(8-11)4-7-15(12)21-17(23)20-14-2-1-3-16-13(14)9-19-22-16/h1-3,5-6,8-9,15H,4,7H2,(H,19,22)(H2,20,21,23). The third-order valence-corrected chi connectivity index (χ3v) is 4.71. The molecule has 1 aliphatic carbocycles. The Morgan fingerprint density at radius 2 is 2.22 bits per heavy atom. The fourth-order valence-corrected chi connectivity index (χ4v) is 3.54. The van der Waals surface area contributed by atoms with Crippen LogP contribution in [0.4, 0.5) is 10.5 Å². The van der Waals surface area contributed by atoms with Gasteiger partial charge < -0.3 is 10.6 Å². The minimum atomic E-state index is -0.195. The van der Waals surface area contributed by atoms with Crippen molar-refractivity contribution >= 4 is 38.6 Å². The summed E-state index contributed by atoms with van der Waals surface area (Å²) in [5.41, 5.74) is 4.15. The average Bonchev–Trinajstić information content (AvgIpc) is 3.15. The maximum atomic E-state index is 12.3. The number of halogens is 1. The van der Waals surface area contributed by atoms with Crippen molar-refractivity contribution in [2.45, 2.75) is 18.9 Å². The summed E-state index contributed by atoms with van der Waals surface area (Å²) in [5.74, 6) is 0. The first-order chi connectivity index (χ1) is 11.2. The van der Waals surface area contributed by atoms with E-state index in [-0.39, 0.29) is 12.1 Å². The van der Waals surface area contributed by atoms with Gasteiger partial charge in [-0.3, -0.25) is 5.10 Å². The van der Waals surface area contributed by atoms with Crippen LogP contribution in [-0.2, 0) is 6.42 Å². The number of anilines is 1. The number of hydrogen-bond donors (Lipinski definition) is 3. The number of urea groups is 1. The van der Waals surface area contributed by atoms with Gasteiger partial charge in [0.25, 0.3) is 0 Å². The van der Waals surface area contributed by atoms with E-state index < -0.39 is 0 Å². The molecule has 5 nitrogen and oxygen atoms in total. The molecule has 0 fully saturated rings. The number of hydrogen-bond acceptors (Lipinski definition) is 2. The van der Waals surface area contributed by atoms with Gasteiger partial charge in [0.1, 0.15) is 0 Å². The second-order valence-electron chi connectivity index (χ2n) is 5.67. The molecule has 1 aliphatic rings. The van der Waals surface area contributed by atoms with Gasteiger partial charge in [0.05, 0.1) is 23.4 Å². The maximum absolute atomic E-state index is 12.3. The summed E-state index contributed by atoms with van der Waals surface area (Å²) in [6.07, 6.45) is 3.62. The molecule has 23 heavy (non-hydrogen) atoms. The summed E-state index contributed by atoms with van der Waals surface area (Å²) in [4.78, 5) is 12.3. The molecule has 1 heterocycles. The predicted molar refractivity (Wildman–Crippen MR) is 93.5 cm³/mol. The topological polar surface area (TPSA) is 69.8 Å². The molecule has 1 unspecified atom stereocenters. The van der Waals surface area contributed by atoms with Gasteiger partial charge in [-0.25, -0.2) is 4.79 Å². The lowest BCUT2D eigenvalue weighted by Gasteiger charge is -2.15. The summed E-state index contributed by atoms with van der Waals surface area (Å²) in [6.45, 7) is 0. The largest absolute Gasteiger partial charge is 0.331 e. The van der Waals surface area contributed by atoms with Gasteiger partial charge >= 0.3 is 6.03 Å². The first-order valence-electron chi connectivity index (χ1n) is 7.48. The monoisotopic (exact) mass is 370 g/mol. The molecule has 1 atom stereocenters. The Bertz CT molecular complexity index is 889. The highest BCUT2D eigenvalue weighted by molar-refractivity contribution is 9.10. The number of aromatic nitrogens is 2. The minimum absolute atomic E-state index is 0.0571. The van der Waals surface area contributed by atoms with E-state index in [1.54, 1.807) is 6.20 Å². The second-order valence-corrected chi connectivity index (χ2v) is 6.59. The number of nitrogens with one attached hydrogen (secondary N) is 3. The third-order valence-electron chi connectivity index (χ3n) is 4.22. The number of rotatable bonds is 2. The molecule has 0 saturated carbocycles. The molecule has 2 amide bonds. The molecule has 2 aromatic carbocycles. The molecule has 3 N–H and O–H groups in total. The summed E-state index contributed by atoms with van der Waals surface area (Å²) >= 11 is 3.49. The van der Waals surface area contributed by atoms with E-state index in [1.165, 1.54) is 11.1 Å². The van der Waals surface area contributed by atoms with E-state index in [4.69, 9.17) is 0 Å². The van der Waals surface area contributed by atoms with Crippen LogP contribution in [0.1, 0.15) is 23.6 Å². The zero-order valence-electron chi connectivity index (χ0n) is 12.3. The first-order valence-corrected chi connectivity index (χ1v) is 8.28. The predicted octanol–water partition coefficient (Wildman–Crippen LogP) is 4.13. The van der Waals surface area contributed by atoms with Crippen molar-refractivity contribution < 1.29 is 4.79 Å². The van der Waals surface area contributed by atoms with Crippen molar-refractivity contribution in [3.63, 3.8) is 0 Å². The Morgan fingerprint density at radius 3 is 3.13 bits per heavy atom. The lowest BCUT2D eigenvalue weighted by molar-refractivity contribution is 0.248. The number of nitrogens with zero attached hydrogens (tertiary/aromatic N) is 1. The van der Waals surface area contributed by atoms with Crippen molar-refractivity contribution in [1.82, 2.24) is 15.5 Å². The molecule has 6 heteroatoms. The van der Waals surface area contributed by atoms with Crippen molar-refractivity contribution in [2.24, 2.45) is 0 Å². The van der Waals surface area contributed by atoms with Crippen molar-refractivity contribution in [1.29, 1.82) is 0 Å². The quantitative estimate of drug-likeness (QED) is 0.634. The number of aryl methyl sites for hydroxylation is 1. The van der Waals surface area contributed by atoms with Gasteiger partial charge in [-0.1, -0.05) is 28.1 Å². The number of carbonyl (C=O) groups excluding carboxylic acids is 1. The fraction of sp³-hybridized carbons (Fsp3) is 0.176. The zero-order valence-corrected chi connectivity index (χ0v) is 13.9. The number of aromatic amines is 1. The van der Waals surface area contributed by atoms with Crippen LogP contribution in [0.5, 0.6) is 0 Å². The van der Waals surface area contributed by atoms with E-state index in [0.29, 0.717) is 0 Å². The Hall–Kier alpha value is -2.34. The Kier molecular flexibility index (Phi) is 3.53. The lowest BCUT2D eigenvalue weighted by Crippen LogP contribution is -2.31. The highest BCUT2D eigenvalue weighted by Crippen LogP contribution is 2.33. The normalized spacial score (nSPS) is 16.3. The lowest BCUT2D eigenvalue weighted by atomic mass is 10.1. The van der Waals surface area contributed by atoms with Crippen LogP contribution >= 0.6 is 15.9 Å². The maximum Gasteiger partial charge on any atom is 0.319 e. The Morgan fingerprint density at radius 1 is 1.30 bits per heavy atom. The van der Waals surface area contributed by atoms with Gasteiger partial charge in [0.15, 0.2) is 0 Å². The van der Waals surface area contributed by atoms with Gasteiger partial charge in [-0.15, -0.1) is 0 Å². The van der Waals surface area contributed by atoms with E-state index in [9.17, 15) is 4.79 Å². The number of benzene rings is 2. The molecule has 0 spiro atoms. The molecule has 4 rings (SSSR count). The molecule has 0 bridgehead atoms. The van der Waals surface area contributed by atoms with Crippen LogP contribution in [0.2, 0.25) is 0 Å². The van der Waals surface area contributed by atoms with E-state index >= 15 is 0 Å². The van der Waals surface area contributed by atoms with E-state index in [0.717, 1.165) is 33.9 Å².